The maximum Gasteiger partial charge on any atom is 0.307 e. The van der Waals surface area contributed by atoms with Gasteiger partial charge in [0.2, 0.25) is 0 Å². The minimum absolute atomic E-state index is 0.0208. The largest absolute Gasteiger partial charge is 0.466 e. The Hall–Kier alpha value is -0.353. The quantitative estimate of drug-likeness (QED) is 0.330. The van der Waals surface area contributed by atoms with Gasteiger partial charge >= 0.3 is 5.97 Å². The molecule has 0 aromatic heterocycles. The van der Waals surface area contributed by atoms with Crippen molar-refractivity contribution in [2.24, 2.45) is 0 Å². The van der Waals surface area contributed by atoms with Crippen molar-refractivity contribution < 1.29 is 14.0 Å². The highest BCUT2D eigenvalue weighted by atomic mass is 28.2. The first-order valence-electron chi connectivity index (χ1n) is 7.36. The first-order valence-corrected chi connectivity index (χ1v) is 8.75. The van der Waals surface area contributed by atoms with Crippen LogP contribution in [0.5, 0.6) is 0 Å². The molecule has 0 aliphatic heterocycles. The third-order valence-electron chi connectivity index (χ3n) is 2.82. The van der Waals surface area contributed by atoms with E-state index in [0.29, 0.717) is 6.61 Å². The lowest BCUT2D eigenvalue weighted by molar-refractivity contribution is -0.143. The number of unbranched alkanes of at least 4 members (excludes halogenated alkanes) is 5. The molecule has 0 N–H and O–H groups in total. The van der Waals surface area contributed by atoms with Crippen LogP contribution in [0.4, 0.5) is 0 Å². The van der Waals surface area contributed by atoms with Crippen LogP contribution in [0.3, 0.4) is 0 Å². The van der Waals surface area contributed by atoms with E-state index in [2.05, 4.69) is 6.92 Å². The van der Waals surface area contributed by atoms with Gasteiger partial charge in [0.25, 0.3) is 0 Å². The van der Waals surface area contributed by atoms with Gasteiger partial charge in [-0.15, -0.1) is 0 Å². The minimum Gasteiger partial charge on any atom is -0.466 e. The van der Waals surface area contributed by atoms with Crippen molar-refractivity contribution in [3.05, 3.63) is 0 Å². The zero-order valence-electron chi connectivity index (χ0n) is 12.5. The van der Waals surface area contributed by atoms with E-state index < -0.39 is 9.76 Å². The molecule has 0 radical (unpaired) electrons. The van der Waals surface area contributed by atoms with Crippen molar-refractivity contribution in [1.82, 2.24) is 0 Å². The Morgan fingerprint density at radius 1 is 1.06 bits per heavy atom. The Labute approximate surface area is 115 Å². The first kappa shape index (κ1) is 17.6. The highest BCUT2D eigenvalue weighted by Gasteiger charge is 2.15. The van der Waals surface area contributed by atoms with Gasteiger partial charge in [-0.2, -0.15) is 0 Å². The van der Waals surface area contributed by atoms with Crippen LogP contribution >= 0.6 is 0 Å². The molecule has 1 unspecified atom stereocenters. The van der Waals surface area contributed by atoms with Crippen LogP contribution < -0.4 is 0 Å². The summed E-state index contributed by atoms with van der Waals surface area (Å²) in [6.07, 6.45) is 7.53. The van der Waals surface area contributed by atoms with E-state index in [1.807, 2.05) is 20.8 Å². The summed E-state index contributed by atoms with van der Waals surface area (Å²) in [4.78, 5) is 11.6. The highest BCUT2D eigenvalue weighted by Crippen LogP contribution is 2.08. The lowest BCUT2D eigenvalue weighted by Gasteiger charge is -2.13. The smallest absolute Gasteiger partial charge is 0.307 e. The third-order valence-corrected chi connectivity index (χ3v) is 4.52. The second kappa shape index (κ2) is 11.7. The van der Waals surface area contributed by atoms with Crippen LogP contribution in [0.15, 0.2) is 0 Å². The fourth-order valence-corrected chi connectivity index (χ4v) is 2.53. The Kier molecular flexibility index (Phi) is 11.5. The molecular weight excluding hydrogens is 244 g/mol. The van der Waals surface area contributed by atoms with Crippen LogP contribution in [-0.2, 0) is 14.0 Å². The van der Waals surface area contributed by atoms with E-state index in [9.17, 15) is 4.79 Å². The Morgan fingerprint density at radius 3 is 2.28 bits per heavy atom. The van der Waals surface area contributed by atoms with Crippen molar-refractivity contribution in [3.8, 4) is 0 Å². The lowest BCUT2D eigenvalue weighted by atomic mass is 10.1. The van der Waals surface area contributed by atoms with Crippen LogP contribution in [0.25, 0.3) is 0 Å². The SMILES string of the molecule is CCCCCCCCOC(=O)C(C)[SiH2]OC(C)C. The van der Waals surface area contributed by atoms with Gasteiger partial charge in [-0.25, -0.2) is 0 Å². The molecule has 0 saturated carbocycles. The molecule has 0 aliphatic carbocycles. The zero-order chi connectivity index (χ0) is 13.8. The summed E-state index contributed by atoms with van der Waals surface area (Å²) in [5, 5.41) is 0. The maximum atomic E-state index is 11.6. The Morgan fingerprint density at radius 2 is 1.67 bits per heavy atom. The zero-order valence-corrected chi connectivity index (χ0v) is 14.0. The van der Waals surface area contributed by atoms with Gasteiger partial charge in [0.1, 0.15) is 0 Å². The van der Waals surface area contributed by atoms with Crippen molar-refractivity contribution in [3.63, 3.8) is 0 Å². The summed E-state index contributed by atoms with van der Waals surface area (Å²) < 4.78 is 10.8. The molecule has 0 aromatic rings. The summed E-state index contributed by atoms with van der Waals surface area (Å²) in [6.45, 7) is 8.71. The van der Waals surface area contributed by atoms with Crippen LogP contribution in [-0.4, -0.2) is 28.4 Å². The average Bonchev–Trinajstić information content (AvgIpc) is 2.34. The predicted octanol–water partition coefficient (Wildman–Crippen LogP) is 3.21. The molecule has 0 aliphatic rings. The van der Waals surface area contributed by atoms with E-state index in [1.54, 1.807) is 0 Å². The molecule has 0 heterocycles. The van der Waals surface area contributed by atoms with Crippen LogP contribution in [0, 0.1) is 0 Å². The number of rotatable bonds is 11. The molecule has 0 bridgehead atoms. The van der Waals surface area contributed by atoms with Gasteiger partial charge < -0.3 is 9.16 Å². The van der Waals surface area contributed by atoms with Crippen molar-refractivity contribution in [1.29, 1.82) is 0 Å². The Balaban J connectivity index is 3.40. The number of hydrogen-bond acceptors (Lipinski definition) is 3. The predicted molar refractivity (Wildman–Crippen MR) is 78.5 cm³/mol. The molecular formula is C14H30O3Si. The van der Waals surface area contributed by atoms with E-state index >= 15 is 0 Å². The molecule has 4 heteroatoms. The van der Waals surface area contributed by atoms with E-state index in [4.69, 9.17) is 9.16 Å². The number of hydrogen-bond donors (Lipinski definition) is 0. The van der Waals surface area contributed by atoms with E-state index in [0.717, 1.165) is 6.42 Å². The molecule has 0 spiro atoms. The van der Waals surface area contributed by atoms with Gasteiger partial charge in [-0.05, 0) is 20.3 Å². The minimum atomic E-state index is -0.785. The number of esters is 1. The molecule has 0 aromatic carbocycles. The summed E-state index contributed by atoms with van der Waals surface area (Å²) >= 11 is 0. The lowest BCUT2D eigenvalue weighted by Crippen LogP contribution is -2.20. The number of carbonyl (C=O) groups excluding carboxylic acids is 1. The van der Waals surface area contributed by atoms with Gasteiger partial charge in [0.05, 0.1) is 12.1 Å². The van der Waals surface area contributed by atoms with Gasteiger partial charge in [-0.3, -0.25) is 4.79 Å². The summed E-state index contributed by atoms with van der Waals surface area (Å²) in [5.41, 5.74) is -0.0208. The van der Waals surface area contributed by atoms with E-state index in [-0.39, 0.29) is 17.6 Å². The molecule has 0 amide bonds. The van der Waals surface area contributed by atoms with E-state index in [1.165, 1.54) is 32.1 Å². The maximum absolute atomic E-state index is 11.6. The third kappa shape index (κ3) is 10.8. The van der Waals surface area contributed by atoms with Crippen molar-refractivity contribution in [2.45, 2.75) is 77.9 Å². The van der Waals surface area contributed by atoms with Crippen molar-refractivity contribution in [2.75, 3.05) is 6.61 Å². The Bertz CT molecular complexity index is 207. The molecule has 1 atom stereocenters. The molecule has 108 valence electrons. The second-order valence-electron chi connectivity index (χ2n) is 5.22. The standard InChI is InChI=1S/C14H30O3Si/c1-5-6-7-8-9-10-11-16-14(15)13(4)18-17-12(2)3/h12-13H,5-11,18H2,1-4H3. The molecule has 0 saturated heterocycles. The molecule has 0 fully saturated rings. The number of ether oxygens (including phenoxy) is 1. The summed E-state index contributed by atoms with van der Waals surface area (Å²) in [6, 6.07) is 0. The monoisotopic (exact) mass is 274 g/mol. The van der Waals surface area contributed by atoms with Crippen LogP contribution in [0.1, 0.15) is 66.2 Å². The summed E-state index contributed by atoms with van der Waals surface area (Å²) in [7, 11) is -0.785. The molecule has 3 nitrogen and oxygen atoms in total. The first-order chi connectivity index (χ1) is 8.57. The molecule has 0 rings (SSSR count). The fourth-order valence-electron chi connectivity index (χ4n) is 1.60. The van der Waals surface area contributed by atoms with Gasteiger partial charge in [0.15, 0.2) is 9.76 Å². The number of carbonyl (C=O) groups is 1. The fraction of sp³-hybridized carbons (Fsp3) is 0.929. The van der Waals surface area contributed by atoms with Gasteiger partial charge in [0, 0.05) is 6.10 Å². The normalized spacial score (nSPS) is 13.4. The second-order valence-corrected chi connectivity index (χ2v) is 7.11. The van der Waals surface area contributed by atoms with Crippen LogP contribution in [0.2, 0.25) is 5.54 Å². The van der Waals surface area contributed by atoms with Crippen molar-refractivity contribution >= 4 is 15.7 Å². The average molecular weight is 274 g/mol. The topological polar surface area (TPSA) is 35.5 Å². The molecule has 18 heavy (non-hydrogen) atoms. The highest BCUT2D eigenvalue weighted by molar-refractivity contribution is 6.36. The van der Waals surface area contributed by atoms with Gasteiger partial charge in [-0.1, -0.05) is 46.0 Å². The summed E-state index contributed by atoms with van der Waals surface area (Å²) in [5.74, 6) is -0.0733.